The molecule has 4 aliphatic rings. The molecule has 23 nitrogen and oxygen atoms in total. The molecule has 27 heteroatoms. The fraction of sp³-hybridized carbons (Fsp3) is 0.754. The molecule has 0 bridgehead atoms. The average molecular weight is 1380 g/mol. The number of hydrogen-bond donors (Lipinski definition) is 4. The van der Waals surface area contributed by atoms with Gasteiger partial charge in [0.2, 0.25) is 65.0 Å². The van der Waals surface area contributed by atoms with Crippen LogP contribution in [-0.2, 0) is 70.1 Å². The molecule has 5 rings (SSSR count). The maximum absolute atomic E-state index is 15.2. The lowest BCUT2D eigenvalue weighted by atomic mass is 9.84. The molecule has 1 aromatic carbocycles. The average Bonchev–Trinajstić information content (AvgIpc) is 1.58. The van der Waals surface area contributed by atoms with Gasteiger partial charge in [-0.25, -0.2) is 0 Å². The van der Waals surface area contributed by atoms with E-state index in [1.54, 1.807) is 20.8 Å². The second-order valence-corrected chi connectivity index (χ2v) is 29.0. The molecule has 96 heavy (non-hydrogen) atoms. The van der Waals surface area contributed by atoms with Crippen molar-refractivity contribution in [3.8, 4) is 0 Å². The van der Waals surface area contributed by atoms with Crippen LogP contribution in [0, 0.1) is 29.6 Å². The summed E-state index contributed by atoms with van der Waals surface area (Å²) in [6, 6.07) is -4.91. The van der Waals surface area contributed by atoms with Crippen molar-refractivity contribution >= 4 is 76.6 Å². The zero-order valence-corrected chi connectivity index (χ0v) is 59.9. The first-order valence-corrected chi connectivity index (χ1v) is 34.9. The molecule has 1 spiro atoms. The molecule has 8 atom stereocenters. The van der Waals surface area contributed by atoms with Gasteiger partial charge in [0.05, 0.1) is 42.9 Å². The van der Waals surface area contributed by atoms with E-state index < -0.39 is 161 Å². The zero-order valence-electron chi connectivity index (χ0n) is 59.2. The minimum atomic E-state index is -4.75. The highest BCUT2D eigenvalue weighted by atomic mass is 35.5. The van der Waals surface area contributed by atoms with E-state index in [2.05, 4.69) is 21.3 Å². The molecule has 11 amide bonds. The third-order valence-corrected chi connectivity index (χ3v) is 20.0. The number of amides is 11. The van der Waals surface area contributed by atoms with Crippen molar-refractivity contribution in [3.05, 3.63) is 34.3 Å². The Morgan fingerprint density at radius 1 is 0.656 bits per heavy atom. The van der Waals surface area contributed by atoms with Crippen LogP contribution in [0.25, 0.3) is 0 Å². The van der Waals surface area contributed by atoms with Crippen molar-refractivity contribution < 1.29 is 70.6 Å². The van der Waals surface area contributed by atoms with Crippen molar-refractivity contribution in [1.82, 2.24) is 55.6 Å². The Morgan fingerprint density at radius 2 is 1.28 bits per heavy atom. The minimum absolute atomic E-state index is 0.0274. The smallest absolute Gasteiger partial charge is 0.379 e. The molecule has 2 aliphatic carbocycles. The van der Waals surface area contributed by atoms with E-state index in [1.165, 1.54) is 68.0 Å². The van der Waals surface area contributed by atoms with Gasteiger partial charge in [-0.1, -0.05) is 124 Å². The number of aryl methyl sites for hydroxylation is 1. The fourth-order valence-corrected chi connectivity index (χ4v) is 13.9. The normalized spacial score (nSPS) is 25.5. The Bertz CT molecular complexity index is 2890. The van der Waals surface area contributed by atoms with E-state index >= 15 is 9.59 Å². The summed E-state index contributed by atoms with van der Waals surface area (Å²) in [6.07, 6.45) is 2.48. The van der Waals surface area contributed by atoms with Crippen LogP contribution in [0.2, 0.25) is 5.02 Å². The van der Waals surface area contributed by atoms with Crippen molar-refractivity contribution in [3.63, 3.8) is 0 Å². The third-order valence-electron chi connectivity index (χ3n) is 19.7. The number of rotatable bonds is 15. The lowest BCUT2D eigenvalue weighted by molar-refractivity contribution is -0.149. The van der Waals surface area contributed by atoms with Crippen LogP contribution in [0.1, 0.15) is 176 Å². The highest BCUT2D eigenvalue weighted by molar-refractivity contribution is 6.31. The summed E-state index contributed by atoms with van der Waals surface area (Å²) in [5.74, 6) is -7.79. The molecule has 2 heterocycles. The van der Waals surface area contributed by atoms with Gasteiger partial charge in [0.25, 0.3) is 0 Å². The quantitative estimate of drug-likeness (QED) is 0.143. The first kappa shape index (κ1) is 80.1. The molecule has 2 saturated heterocycles. The molecule has 1 aromatic rings. The van der Waals surface area contributed by atoms with Gasteiger partial charge < -0.3 is 60.3 Å². The first-order valence-electron chi connectivity index (χ1n) is 34.5. The lowest BCUT2D eigenvalue weighted by Gasteiger charge is -2.39. The van der Waals surface area contributed by atoms with Gasteiger partial charge >= 0.3 is 6.18 Å². The van der Waals surface area contributed by atoms with E-state index in [-0.39, 0.29) is 82.3 Å². The van der Waals surface area contributed by atoms with Gasteiger partial charge in [0.1, 0.15) is 41.8 Å². The number of nitrogens with one attached hydrogen (secondary N) is 4. The monoisotopic (exact) mass is 1380 g/mol. The van der Waals surface area contributed by atoms with E-state index in [0.717, 1.165) is 58.9 Å². The van der Waals surface area contributed by atoms with Crippen LogP contribution in [0.5, 0.6) is 0 Å². The van der Waals surface area contributed by atoms with Crippen molar-refractivity contribution in [1.29, 1.82) is 0 Å². The number of carbonyl (C=O) groups excluding carboxylic acids is 11. The lowest BCUT2D eigenvalue weighted by Crippen LogP contribution is -2.64. The van der Waals surface area contributed by atoms with E-state index in [0.29, 0.717) is 44.3 Å². The number of ether oxygens (including phenoxy) is 1. The van der Waals surface area contributed by atoms with E-state index in [9.17, 15) is 56.3 Å². The molecule has 4 N–H and O–H groups in total. The summed E-state index contributed by atoms with van der Waals surface area (Å²) in [5.41, 5.74) is -2.29. The molecule has 1 unspecified atom stereocenters. The van der Waals surface area contributed by atoms with Crippen molar-refractivity contribution in [2.24, 2.45) is 29.6 Å². The van der Waals surface area contributed by atoms with E-state index in [1.807, 2.05) is 34.6 Å². The maximum Gasteiger partial charge on any atom is 0.417 e. The van der Waals surface area contributed by atoms with Crippen LogP contribution in [0.15, 0.2) is 18.2 Å². The summed E-state index contributed by atoms with van der Waals surface area (Å²) < 4.78 is 47.5. The van der Waals surface area contributed by atoms with Crippen LogP contribution >= 0.6 is 11.6 Å². The topological polar surface area (TPSA) is 268 Å². The van der Waals surface area contributed by atoms with Crippen molar-refractivity contribution in [2.45, 2.75) is 225 Å². The Kier molecular flexibility index (Phi) is 30.3. The summed E-state index contributed by atoms with van der Waals surface area (Å²) in [5, 5.41) is 11.1. The van der Waals surface area contributed by atoms with Crippen LogP contribution in [0.3, 0.4) is 0 Å². The predicted molar refractivity (Wildman–Crippen MR) is 357 cm³/mol. The molecular weight excluding hydrogens is 1270 g/mol. The summed E-state index contributed by atoms with van der Waals surface area (Å²) in [6.45, 7) is 13.6. The molecule has 540 valence electrons. The van der Waals surface area contributed by atoms with Gasteiger partial charge in [-0.15, -0.1) is 0 Å². The highest BCUT2D eigenvalue weighted by Crippen LogP contribution is 2.37. The largest absolute Gasteiger partial charge is 0.417 e. The molecular formula is C69H109ClF3N11O12. The number of carbonyl (C=O) groups is 11. The molecule has 2 saturated carbocycles. The van der Waals surface area contributed by atoms with Gasteiger partial charge in [-0.2, -0.15) is 13.2 Å². The fourth-order valence-electron chi connectivity index (χ4n) is 13.6. The Labute approximate surface area is 571 Å². The van der Waals surface area contributed by atoms with Gasteiger partial charge in [-0.05, 0) is 105 Å². The Balaban J connectivity index is 1.58. The number of halogens is 4. The predicted octanol–water partition coefficient (Wildman–Crippen LogP) is 6.21. The molecule has 0 radical (unpaired) electrons. The summed E-state index contributed by atoms with van der Waals surface area (Å²) in [7, 11) is 8.56. The van der Waals surface area contributed by atoms with Gasteiger partial charge in [-0.3, -0.25) is 52.7 Å². The zero-order chi connectivity index (χ0) is 71.7. The summed E-state index contributed by atoms with van der Waals surface area (Å²) >= 11 is 6.13. The van der Waals surface area contributed by atoms with Crippen LogP contribution in [-0.4, -0.2) is 229 Å². The second-order valence-electron chi connectivity index (χ2n) is 28.6. The highest BCUT2D eigenvalue weighted by Gasteiger charge is 2.50. The Hall–Kier alpha value is -6.57. The molecule has 0 aromatic heterocycles. The van der Waals surface area contributed by atoms with Crippen LogP contribution in [0.4, 0.5) is 13.2 Å². The number of fused-ring (bicyclic) bond motifs is 1. The van der Waals surface area contributed by atoms with Gasteiger partial charge in [0, 0.05) is 61.9 Å². The molecule has 2 aliphatic heterocycles. The minimum Gasteiger partial charge on any atom is -0.379 e. The summed E-state index contributed by atoms with van der Waals surface area (Å²) in [4.78, 5) is 170. The number of hydrogen-bond acceptors (Lipinski definition) is 12. The standard InChI is InChI=1S/C69H109ClF3N11O12/c1-15-45(8)59-66(94)80(11)39-57(87)78(9)40-58(88)82(13)54(36-46-22-17-16-18-23-46)65(93)79(10)38-55(85)75-51(28-26-47-25-27-49(50(70)35-47)69(71,72)73)64(92)84-32-21-24-52(84)62(90)77-68(30-19-20-31-68)67(95)83(14)60(44(6)7)63(91)74-48(41-96-33-29-42(2)3)37-56(86)81(12)53(34-43(4)5)61(89)76-59/h25,27,35,42-46,48,51-54,59-60H,15-24,26,28-34,36-41H2,1-14H3,(H,74,91)(H,75,85)(H,76,89)(H,77,90)/t45-,48-,51-,52?,53-,54-,59-,60-/m0/s1. The SMILES string of the molecule is CC[C@H](C)[C@@H]1NC(=O)[C@H](CC(C)C)N(C)C(=O)C[C@@H](COCCC(C)C)NC(=O)[C@H](C(C)C)N(C)C(=O)C2(CCCC2)NC(=O)C2CCCN2C(=O)[C@H](CCc2ccc(C(F)(F)F)c(Cl)c2)NC(=O)CN(C)C(=O)[C@H](CC2CCCCC2)N(C)C(=O)CN(C)C(=O)CN(C)C1=O. The first-order chi connectivity index (χ1) is 45.0. The molecule has 4 fully saturated rings. The number of likely N-dealkylation sites (N-methyl/N-ethyl adjacent to an activating group) is 6. The Morgan fingerprint density at radius 3 is 1.88 bits per heavy atom. The van der Waals surface area contributed by atoms with Gasteiger partial charge in [0.15, 0.2) is 0 Å². The number of alkyl halides is 3. The van der Waals surface area contributed by atoms with E-state index in [4.69, 9.17) is 16.3 Å². The van der Waals surface area contributed by atoms with Crippen LogP contribution < -0.4 is 21.3 Å². The maximum atomic E-state index is 15.2. The number of benzene rings is 1. The second kappa shape index (κ2) is 36.3. The third kappa shape index (κ3) is 22.0. The number of nitrogens with zero attached hydrogens (tertiary/aromatic N) is 7. The van der Waals surface area contributed by atoms with Crippen molar-refractivity contribution in [2.75, 3.05) is 81.7 Å².